The van der Waals surface area contributed by atoms with Crippen molar-refractivity contribution in [2.75, 3.05) is 13.3 Å². The van der Waals surface area contributed by atoms with E-state index in [0.29, 0.717) is 30.9 Å². The molecule has 0 saturated heterocycles. The molecule has 1 aliphatic heterocycles. The number of amides is 1. The maximum absolute atomic E-state index is 12.4. The first-order valence-electron chi connectivity index (χ1n) is 8.98. The van der Waals surface area contributed by atoms with Gasteiger partial charge in [0, 0.05) is 17.5 Å². The van der Waals surface area contributed by atoms with Crippen LogP contribution in [0.3, 0.4) is 0 Å². The van der Waals surface area contributed by atoms with E-state index >= 15 is 0 Å². The molecule has 7 heteroatoms. The Hall–Kier alpha value is -3.06. The molecule has 2 aromatic carbocycles. The third-order valence-electron chi connectivity index (χ3n) is 4.29. The van der Waals surface area contributed by atoms with Gasteiger partial charge in [0.2, 0.25) is 6.79 Å². The van der Waals surface area contributed by atoms with Crippen LogP contribution in [-0.2, 0) is 13.0 Å². The maximum atomic E-state index is 12.4. The predicted octanol–water partition coefficient (Wildman–Crippen LogP) is 3.73. The zero-order valence-electron chi connectivity index (χ0n) is 15.4. The van der Waals surface area contributed by atoms with Crippen LogP contribution in [0, 0.1) is 6.92 Å². The molecule has 0 fully saturated rings. The van der Waals surface area contributed by atoms with Crippen molar-refractivity contribution in [3.8, 4) is 17.2 Å². The number of hydrogen-bond donors (Lipinski definition) is 1. The van der Waals surface area contributed by atoms with E-state index in [4.69, 9.17) is 14.2 Å². The second-order valence-electron chi connectivity index (χ2n) is 6.37. The van der Waals surface area contributed by atoms with Gasteiger partial charge in [0.1, 0.15) is 12.4 Å². The Labute approximate surface area is 167 Å². The standard InChI is InChI=1S/C21H20N2O4S/c1-14-23-17(12-28-14)11-25-18-4-2-3-16(10-18)21(24)22-8-7-15-5-6-19-20(9-15)27-13-26-19/h2-6,9-10,12H,7-8,11,13H2,1H3,(H,22,24). The van der Waals surface area contributed by atoms with E-state index in [-0.39, 0.29) is 12.7 Å². The van der Waals surface area contributed by atoms with E-state index in [1.54, 1.807) is 23.5 Å². The Morgan fingerprint density at radius 3 is 2.96 bits per heavy atom. The number of hydrogen-bond acceptors (Lipinski definition) is 6. The molecule has 144 valence electrons. The smallest absolute Gasteiger partial charge is 0.251 e. The first-order valence-corrected chi connectivity index (χ1v) is 9.86. The van der Waals surface area contributed by atoms with Crippen molar-refractivity contribution in [3.63, 3.8) is 0 Å². The van der Waals surface area contributed by atoms with Gasteiger partial charge in [0.25, 0.3) is 5.91 Å². The average Bonchev–Trinajstić information content (AvgIpc) is 3.34. The van der Waals surface area contributed by atoms with Crippen molar-refractivity contribution < 1.29 is 19.0 Å². The minimum absolute atomic E-state index is 0.129. The molecular formula is C21H20N2O4S. The first-order chi connectivity index (χ1) is 13.7. The molecule has 3 aromatic rings. The third-order valence-corrected chi connectivity index (χ3v) is 5.11. The molecule has 1 aliphatic rings. The van der Waals surface area contributed by atoms with E-state index in [1.807, 2.05) is 42.6 Å². The molecule has 6 nitrogen and oxygen atoms in total. The van der Waals surface area contributed by atoms with Gasteiger partial charge in [-0.05, 0) is 49.2 Å². The summed E-state index contributed by atoms with van der Waals surface area (Å²) in [6, 6.07) is 13.0. The molecule has 0 saturated carbocycles. The van der Waals surface area contributed by atoms with Crippen molar-refractivity contribution in [1.82, 2.24) is 10.3 Å². The molecule has 4 rings (SSSR count). The van der Waals surface area contributed by atoms with E-state index in [1.165, 1.54) is 0 Å². The summed E-state index contributed by atoms with van der Waals surface area (Å²) in [5, 5.41) is 5.93. The Balaban J connectivity index is 1.29. The molecule has 0 aliphatic carbocycles. The van der Waals surface area contributed by atoms with E-state index in [9.17, 15) is 4.79 Å². The molecule has 2 heterocycles. The summed E-state index contributed by atoms with van der Waals surface area (Å²) < 4.78 is 16.4. The number of nitrogens with one attached hydrogen (secondary N) is 1. The molecule has 0 radical (unpaired) electrons. The Morgan fingerprint density at radius 2 is 2.11 bits per heavy atom. The third kappa shape index (κ3) is 4.43. The van der Waals surface area contributed by atoms with Gasteiger partial charge >= 0.3 is 0 Å². The van der Waals surface area contributed by atoms with Crippen LogP contribution < -0.4 is 19.5 Å². The number of aromatic nitrogens is 1. The molecule has 1 amide bonds. The summed E-state index contributed by atoms with van der Waals surface area (Å²) in [6.07, 6.45) is 0.710. The van der Waals surface area contributed by atoms with Crippen LogP contribution >= 0.6 is 11.3 Å². The number of carbonyl (C=O) groups excluding carboxylic acids is 1. The van der Waals surface area contributed by atoms with Crippen LogP contribution in [0.15, 0.2) is 47.8 Å². The highest BCUT2D eigenvalue weighted by Gasteiger charge is 2.13. The van der Waals surface area contributed by atoms with Crippen LogP contribution in [0.25, 0.3) is 0 Å². The topological polar surface area (TPSA) is 69.7 Å². The normalized spacial score (nSPS) is 12.0. The highest BCUT2D eigenvalue weighted by atomic mass is 32.1. The van der Waals surface area contributed by atoms with Gasteiger partial charge in [-0.25, -0.2) is 4.98 Å². The quantitative estimate of drug-likeness (QED) is 0.659. The molecule has 0 bridgehead atoms. The number of rotatable bonds is 7. The molecular weight excluding hydrogens is 376 g/mol. The Bertz CT molecular complexity index is 986. The lowest BCUT2D eigenvalue weighted by atomic mass is 10.1. The molecule has 0 atom stereocenters. The predicted molar refractivity (Wildman–Crippen MR) is 106 cm³/mol. The van der Waals surface area contributed by atoms with Crippen molar-refractivity contribution >= 4 is 17.2 Å². The fraction of sp³-hybridized carbons (Fsp3) is 0.238. The number of aryl methyl sites for hydroxylation is 1. The average molecular weight is 396 g/mol. The number of carbonyl (C=O) groups is 1. The molecule has 0 spiro atoms. The monoisotopic (exact) mass is 396 g/mol. The van der Waals surface area contributed by atoms with Gasteiger partial charge in [0.15, 0.2) is 11.5 Å². The van der Waals surface area contributed by atoms with Crippen LogP contribution in [-0.4, -0.2) is 24.2 Å². The van der Waals surface area contributed by atoms with Gasteiger partial charge in [-0.15, -0.1) is 11.3 Å². The van der Waals surface area contributed by atoms with Crippen molar-refractivity contribution in [1.29, 1.82) is 0 Å². The van der Waals surface area contributed by atoms with Crippen molar-refractivity contribution in [2.45, 2.75) is 20.0 Å². The van der Waals surface area contributed by atoms with E-state index in [2.05, 4.69) is 10.3 Å². The molecule has 28 heavy (non-hydrogen) atoms. The molecule has 0 unspecified atom stereocenters. The lowest BCUT2D eigenvalue weighted by Crippen LogP contribution is -2.25. The first kappa shape index (κ1) is 18.3. The summed E-state index contributed by atoms with van der Waals surface area (Å²) in [6.45, 7) is 3.14. The lowest BCUT2D eigenvalue weighted by molar-refractivity contribution is 0.0953. The largest absolute Gasteiger partial charge is 0.487 e. The fourth-order valence-corrected chi connectivity index (χ4v) is 3.48. The van der Waals surface area contributed by atoms with Gasteiger partial charge < -0.3 is 19.5 Å². The summed E-state index contributed by atoms with van der Waals surface area (Å²) in [7, 11) is 0. The van der Waals surface area contributed by atoms with Crippen LogP contribution in [0.4, 0.5) is 0 Å². The Morgan fingerprint density at radius 1 is 1.21 bits per heavy atom. The SMILES string of the molecule is Cc1nc(COc2cccc(C(=O)NCCc3ccc4c(c3)OCO4)c2)cs1. The number of thiazole rings is 1. The minimum atomic E-state index is -0.129. The summed E-state index contributed by atoms with van der Waals surface area (Å²) in [5.74, 6) is 2.03. The van der Waals surface area contributed by atoms with Crippen molar-refractivity contribution in [2.24, 2.45) is 0 Å². The van der Waals surface area contributed by atoms with Gasteiger partial charge in [-0.1, -0.05) is 12.1 Å². The maximum Gasteiger partial charge on any atom is 0.251 e. The van der Waals surface area contributed by atoms with Gasteiger partial charge in [-0.3, -0.25) is 4.79 Å². The van der Waals surface area contributed by atoms with E-state index in [0.717, 1.165) is 27.8 Å². The number of ether oxygens (including phenoxy) is 3. The number of nitrogens with zero attached hydrogens (tertiary/aromatic N) is 1. The highest BCUT2D eigenvalue weighted by Crippen LogP contribution is 2.32. The zero-order chi connectivity index (χ0) is 19.3. The lowest BCUT2D eigenvalue weighted by Gasteiger charge is -2.08. The van der Waals surface area contributed by atoms with Crippen LogP contribution in [0.2, 0.25) is 0 Å². The number of benzene rings is 2. The Kier molecular flexibility index (Phi) is 5.43. The summed E-state index contributed by atoms with van der Waals surface area (Å²) >= 11 is 1.59. The second-order valence-corrected chi connectivity index (χ2v) is 7.43. The van der Waals surface area contributed by atoms with Crippen LogP contribution in [0.1, 0.15) is 26.6 Å². The van der Waals surface area contributed by atoms with Crippen molar-refractivity contribution in [3.05, 3.63) is 69.7 Å². The number of fused-ring (bicyclic) bond motifs is 1. The van der Waals surface area contributed by atoms with Crippen LogP contribution in [0.5, 0.6) is 17.2 Å². The van der Waals surface area contributed by atoms with E-state index < -0.39 is 0 Å². The minimum Gasteiger partial charge on any atom is -0.487 e. The second kappa shape index (κ2) is 8.31. The van der Waals surface area contributed by atoms with Gasteiger partial charge in [0.05, 0.1) is 10.7 Å². The summed E-state index contributed by atoms with van der Waals surface area (Å²) in [5.41, 5.74) is 2.54. The fourth-order valence-electron chi connectivity index (χ4n) is 2.88. The molecule has 1 aromatic heterocycles. The van der Waals surface area contributed by atoms with Gasteiger partial charge in [-0.2, -0.15) is 0 Å². The summed E-state index contributed by atoms with van der Waals surface area (Å²) in [4.78, 5) is 16.8. The highest BCUT2D eigenvalue weighted by molar-refractivity contribution is 7.09. The zero-order valence-corrected chi connectivity index (χ0v) is 16.3. The molecule has 1 N–H and O–H groups in total.